The predicted octanol–water partition coefficient (Wildman–Crippen LogP) is 2.85. The third-order valence-electron chi connectivity index (χ3n) is 1.93. The number of nitriles is 2. The average Bonchev–Trinajstić information content (AvgIpc) is 2.27. The third-order valence-corrected chi connectivity index (χ3v) is 2.53. The summed E-state index contributed by atoms with van der Waals surface area (Å²) < 4.78 is 25.4. The van der Waals surface area contributed by atoms with E-state index >= 15 is 0 Å². The van der Waals surface area contributed by atoms with Gasteiger partial charge in [0, 0.05) is 5.33 Å². The standard InChI is InChI=1S/C10H6BrF2N3/c11-4-6-3-7(1-2-14)16-8(5-15)9(6)10(12)13/h3,10H,1,4H2. The van der Waals surface area contributed by atoms with Crippen molar-refractivity contribution >= 4 is 15.9 Å². The monoisotopic (exact) mass is 285 g/mol. The van der Waals surface area contributed by atoms with Crippen LogP contribution >= 0.6 is 15.9 Å². The Labute approximate surface area is 99.5 Å². The molecule has 82 valence electrons. The number of alkyl halides is 3. The van der Waals surface area contributed by atoms with Crippen LogP contribution in [0.3, 0.4) is 0 Å². The van der Waals surface area contributed by atoms with Crippen molar-refractivity contribution in [3.05, 3.63) is 28.6 Å². The minimum atomic E-state index is -2.74. The molecule has 0 amide bonds. The van der Waals surface area contributed by atoms with E-state index in [1.165, 1.54) is 6.07 Å². The number of hydrogen-bond donors (Lipinski definition) is 0. The maximum atomic E-state index is 12.7. The molecule has 0 atom stereocenters. The van der Waals surface area contributed by atoms with E-state index in [0.717, 1.165) is 0 Å². The lowest BCUT2D eigenvalue weighted by Gasteiger charge is -2.09. The highest BCUT2D eigenvalue weighted by molar-refractivity contribution is 9.08. The molecule has 0 fully saturated rings. The van der Waals surface area contributed by atoms with Crippen molar-refractivity contribution in [2.24, 2.45) is 0 Å². The fourth-order valence-corrected chi connectivity index (χ4v) is 1.74. The van der Waals surface area contributed by atoms with Crippen molar-refractivity contribution in [3.63, 3.8) is 0 Å². The summed E-state index contributed by atoms with van der Waals surface area (Å²) in [5, 5.41) is 17.4. The number of hydrogen-bond acceptors (Lipinski definition) is 3. The Bertz CT molecular complexity index is 474. The largest absolute Gasteiger partial charge is 0.266 e. The van der Waals surface area contributed by atoms with Gasteiger partial charge in [-0.2, -0.15) is 10.5 Å². The molecule has 1 heterocycles. The summed E-state index contributed by atoms with van der Waals surface area (Å²) in [6.45, 7) is 0. The topological polar surface area (TPSA) is 60.5 Å². The first-order valence-electron chi connectivity index (χ1n) is 4.27. The van der Waals surface area contributed by atoms with Crippen LogP contribution in [0, 0.1) is 22.7 Å². The van der Waals surface area contributed by atoms with Gasteiger partial charge in [0.2, 0.25) is 0 Å². The Balaban J connectivity index is 3.39. The van der Waals surface area contributed by atoms with Gasteiger partial charge in [0.15, 0.2) is 0 Å². The Kier molecular flexibility index (Phi) is 4.33. The molecule has 0 aliphatic rings. The summed E-state index contributed by atoms with van der Waals surface area (Å²) in [4.78, 5) is 3.73. The van der Waals surface area contributed by atoms with E-state index in [0.29, 0.717) is 11.3 Å². The van der Waals surface area contributed by atoms with E-state index in [-0.39, 0.29) is 23.0 Å². The van der Waals surface area contributed by atoms with Gasteiger partial charge >= 0.3 is 0 Å². The van der Waals surface area contributed by atoms with Gasteiger partial charge in [0.1, 0.15) is 11.8 Å². The van der Waals surface area contributed by atoms with E-state index in [4.69, 9.17) is 10.5 Å². The van der Waals surface area contributed by atoms with Gasteiger partial charge in [-0.25, -0.2) is 13.8 Å². The van der Waals surface area contributed by atoms with E-state index in [1.54, 1.807) is 6.07 Å². The van der Waals surface area contributed by atoms with E-state index in [9.17, 15) is 8.78 Å². The van der Waals surface area contributed by atoms with Gasteiger partial charge in [-0.3, -0.25) is 0 Å². The van der Waals surface area contributed by atoms with Gasteiger partial charge in [-0.1, -0.05) is 15.9 Å². The first-order valence-corrected chi connectivity index (χ1v) is 5.40. The van der Waals surface area contributed by atoms with Crippen LogP contribution < -0.4 is 0 Å². The van der Waals surface area contributed by atoms with Gasteiger partial charge in [0.05, 0.1) is 23.7 Å². The normalized spacial score (nSPS) is 9.88. The van der Waals surface area contributed by atoms with Crippen LogP contribution in [-0.2, 0) is 11.8 Å². The van der Waals surface area contributed by atoms with Crippen molar-refractivity contribution in [1.29, 1.82) is 10.5 Å². The van der Waals surface area contributed by atoms with Crippen molar-refractivity contribution in [1.82, 2.24) is 4.98 Å². The van der Waals surface area contributed by atoms with Crippen LogP contribution in [0.15, 0.2) is 6.07 Å². The maximum absolute atomic E-state index is 12.7. The van der Waals surface area contributed by atoms with E-state index in [2.05, 4.69) is 20.9 Å². The van der Waals surface area contributed by atoms with Crippen LogP contribution in [0.2, 0.25) is 0 Å². The molecule has 0 saturated heterocycles. The number of pyridine rings is 1. The lowest BCUT2D eigenvalue weighted by molar-refractivity contribution is 0.149. The predicted molar refractivity (Wildman–Crippen MR) is 55.9 cm³/mol. The van der Waals surface area contributed by atoms with Crippen molar-refractivity contribution in [2.45, 2.75) is 18.2 Å². The van der Waals surface area contributed by atoms with Crippen molar-refractivity contribution in [2.75, 3.05) is 0 Å². The second-order valence-electron chi connectivity index (χ2n) is 2.92. The molecule has 0 bridgehead atoms. The number of nitrogens with zero attached hydrogens (tertiary/aromatic N) is 3. The third kappa shape index (κ3) is 2.53. The molecule has 0 unspecified atom stereocenters. The summed E-state index contributed by atoms with van der Waals surface area (Å²) in [5.74, 6) is 0. The fraction of sp³-hybridized carbons (Fsp3) is 0.300. The summed E-state index contributed by atoms with van der Waals surface area (Å²) in [7, 11) is 0. The molecule has 0 aromatic carbocycles. The van der Waals surface area contributed by atoms with Crippen molar-refractivity contribution < 1.29 is 8.78 Å². The second-order valence-corrected chi connectivity index (χ2v) is 3.48. The highest BCUT2D eigenvalue weighted by atomic mass is 79.9. The zero-order valence-electron chi connectivity index (χ0n) is 8.04. The molecule has 1 aromatic heterocycles. The lowest BCUT2D eigenvalue weighted by atomic mass is 10.1. The molecule has 0 spiro atoms. The first-order chi connectivity index (χ1) is 7.63. The minimum Gasteiger partial charge on any atom is -0.241 e. The first kappa shape index (κ1) is 12.5. The van der Waals surface area contributed by atoms with Crippen LogP contribution in [0.4, 0.5) is 8.78 Å². The van der Waals surface area contributed by atoms with Crippen molar-refractivity contribution in [3.8, 4) is 12.1 Å². The molecule has 16 heavy (non-hydrogen) atoms. The summed E-state index contributed by atoms with van der Waals surface area (Å²) in [5.41, 5.74) is -0.0389. The molecule has 1 aromatic rings. The molecule has 6 heteroatoms. The molecule has 0 saturated carbocycles. The van der Waals surface area contributed by atoms with Crippen LogP contribution in [0.5, 0.6) is 0 Å². The smallest absolute Gasteiger partial charge is 0.241 e. The van der Waals surface area contributed by atoms with Crippen LogP contribution in [0.25, 0.3) is 0 Å². The molecule has 0 aliphatic carbocycles. The molecular weight excluding hydrogens is 280 g/mol. The Hall–Kier alpha value is -1.53. The zero-order valence-corrected chi connectivity index (χ0v) is 9.63. The lowest BCUT2D eigenvalue weighted by Crippen LogP contribution is -2.03. The van der Waals surface area contributed by atoms with Crippen LogP contribution in [-0.4, -0.2) is 4.98 Å². The molecule has 0 N–H and O–H groups in total. The molecule has 0 radical (unpaired) electrons. The molecule has 3 nitrogen and oxygen atoms in total. The Morgan fingerprint density at radius 3 is 2.56 bits per heavy atom. The molecule has 0 aliphatic heterocycles. The zero-order chi connectivity index (χ0) is 12.1. The Morgan fingerprint density at radius 2 is 2.12 bits per heavy atom. The SMILES string of the molecule is N#CCc1cc(CBr)c(C(F)F)c(C#N)n1. The number of aromatic nitrogens is 1. The quantitative estimate of drug-likeness (QED) is 0.803. The van der Waals surface area contributed by atoms with Gasteiger partial charge in [-0.15, -0.1) is 0 Å². The highest BCUT2D eigenvalue weighted by Crippen LogP contribution is 2.27. The minimum absolute atomic E-state index is 0.00179. The van der Waals surface area contributed by atoms with E-state index in [1.807, 2.05) is 6.07 Å². The highest BCUT2D eigenvalue weighted by Gasteiger charge is 2.19. The molecular formula is C10H6BrF2N3. The van der Waals surface area contributed by atoms with E-state index < -0.39 is 6.43 Å². The number of rotatable bonds is 3. The summed E-state index contributed by atoms with van der Waals surface area (Å²) in [6.07, 6.45) is -2.75. The summed E-state index contributed by atoms with van der Waals surface area (Å²) >= 11 is 3.07. The summed E-state index contributed by atoms with van der Waals surface area (Å²) in [6, 6.07) is 4.91. The van der Waals surface area contributed by atoms with Crippen LogP contribution in [0.1, 0.15) is 28.9 Å². The fourth-order valence-electron chi connectivity index (χ4n) is 1.28. The second kappa shape index (κ2) is 5.53. The van der Waals surface area contributed by atoms with Gasteiger partial charge in [-0.05, 0) is 11.6 Å². The van der Waals surface area contributed by atoms with Gasteiger partial charge < -0.3 is 0 Å². The molecule has 1 rings (SSSR count). The number of halogens is 3. The maximum Gasteiger partial charge on any atom is 0.266 e. The Morgan fingerprint density at radius 1 is 1.44 bits per heavy atom. The average molecular weight is 286 g/mol. The van der Waals surface area contributed by atoms with Gasteiger partial charge in [0.25, 0.3) is 6.43 Å².